The minimum atomic E-state index is -0.554. The summed E-state index contributed by atoms with van der Waals surface area (Å²) in [5.41, 5.74) is 6.34. The molecular formula is C17H14ClN5O2. The molecule has 0 fully saturated rings. The van der Waals surface area contributed by atoms with E-state index in [4.69, 9.17) is 11.6 Å². The van der Waals surface area contributed by atoms with Crippen molar-refractivity contribution in [1.82, 2.24) is 25.8 Å². The molecule has 0 aliphatic heterocycles. The number of amides is 2. The molecule has 0 aliphatic carbocycles. The molecule has 25 heavy (non-hydrogen) atoms. The van der Waals surface area contributed by atoms with Gasteiger partial charge in [-0.2, -0.15) is 9.90 Å². The summed E-state index contributed by atoms with van der Waals surface area (Å²) in [6.45, 7) is 1.67. The van der Waals surface area contributed by atoms with Gasteiger partial charge in [0.25, 0.3) is 11.8 Å². The Morgan fingerprint density at radius 1 is 0.920 bits per heavy atom. The van der Waals surface area contributed by atoms with E-state index in [9.17, 15) is 9.59 Å². The van der Waals surface area contributed by atoms with Gasteiger partial charge in [0.2, 0.25) is 0 Å². The van der Waals surface area contributed by atoms with E-state index in [2.05, 4.69) is 21.0 Å². The van der Waals surface area contributed by atoms with Crippen molar-refractivity contribution in [2.24, 2.45) is 0 Å². The molecule has 2 aromatic carbocycles. The normalized spacial score (nSPS) is 10.3. The van der Waals surface area contributed by atoms with Crippen LogP contribution in [0.3, 0.4) is 0 Å². The highest BCUT2D eigenvalue weighted by atomic mass is 35.5. The number of aryl methyl sites for hydroxylation is 1. The van der Waals surface area contributed by atoms with Crippen molar-refractivity contribution in [3.05, 3.63) is 76.6 Å². The number of carbonyl (C=O) groups is 2. The van der Waals surface area contributed by atoms with Crippen LogP contribution in [-0.2, 0) is 0 Å². The third-order valence-corrected chi connectivity index (χ3v) is 3.63. The number of hydrogen-bond acceptors (Lipinski definition) is 4. The van der Waals surface area contributed by atoms with Gasteiger partial charge in [-0.05, 0) is 43.3 Å². The molecule has 0 spiro atoms. The van der Waals surface area contributed by atoms with Crippen LogP contribution in [-0.4, -0.2) is 26.8 Å². The zero-order chi connectivity index (χ0) is 17.8. The summed E-state index contributed by atoms with van der Waals surface area (Å²) < 4.78 is 0. The lowest BCUT2D eigenvalue weighted by Crippen LogP contribution is -2.42. The smallest absolute Gasteiger partial charge is 0.267 e. The van der Waals surface area contributed by atoms with E-state index < -0.39 is 11.8 Å². The van der Waals surface area contributed by atoms with Crippen molar-refractivity contribution in [2.45, 2.75) is 6.92 Å². The second-order valence-corrected chi connectivity index (χ2v) is 5.61. The number of rotatable bonds is 3. The molecule has 126 valence electrons. The number of benzene rings is 2. The molecular weight excluding hydrogens is 342 g/mol. The maximum absolute atomic E-state index is 12.2. The van der Waals surface area contributed by atoms with Crippen molar-refractivity contribution >= 4 is 23.4 Å². The molecule has 0 atom stereocenters. The third-order valence-electron chi connectivity index (χ3n) is 3.38. The van der Waals surface area contributed by atoms with Crippen LogP contribution in [0.4, 0.5) is 0 Å². The summed E-state index contributed by atoms with van der Waals surface area (Å²) in [5.74, 6) is -1.01. The van der Waals surface area contributed by atoms with Crippen LogP contribution in [0.2, 0.25) is 5.02 Å². The molecule has 3 rings (SSSR count). The maximum Gasteiger partial charge on any atom is 0.292 e. The largest absolute Gasteiger partial charge is 0.292 e. The van der Waals surface area contributed by atoms with Crippen molar-refractivity contribution < 1.29 is 9.59 Å². The van der Waals surface area contributed by atoms with Crippen LogP contribution < -0.4 is 10.9 Å². The molecule has 0 aliphatic rings. The monoisotopic (exact) mass is 355 g/mol. The Morgan fingerprint density at radius 2 is 1.56 bits per heavy atom. The SMILES string of the molecule is Cc1nn(-c2ccccc2)nc1C(=O)NNC(=O)c1ccc(Cl)cc1. The van der Waals surface area contributed by atoms with Crippen LogP contribution >= 0.6 is 11.6 Å². The molecule has 0 saturated carbocycles. The van der Waals surface area contributed by atoms with Gasteiger partial charge in [-0.1, -0.05) is 29.8 Å². The van der Waals surface area contributed by atoms with Gasteiger partial charge < -0.3 is 0 Å². The first-order valence-corrected chi connectivity index (χ1v) is 7.78. The highest BCUT2D eigenvalue weighted by molar-refractivity contribution is 6.30. The summed E-state index contributed by atoms with van der Waals surface area (Å²) in [4.78, 5) is 25.6. The molecule has 0 unspecified atom stereocenters. The van der Waals surface area contributed by atoms with E-state index in [0.717, 1.165) is 5.69 Å². The van der Waals surface area contributed by atoms with E-state index in [1.807, 2.05) is 30.3 Å². The highest BCUT2D eigenvalue weighted by Crippen LogP contribution is 2.10. The average molecular weight is 356 g/mol. The Balaban J connectivity index is 1.68. The lowest BCUT2D eigenvalue weighted by atomic mass is 10.2. The number of aromatic nitrogens is 3. The minimum Gasteiger partial charge on any atom is -0.267 e. The summed E-state index contributed by atoms with van der Waals surface area (Å²) in [6, 6.07) is 15.5. The standard InChI is InChI=1S/C17H14ClN5O2/c1-11-15(22-23(21-11)14-5-3-2-4-6-14)17(25)20-19-16(24)12-7-9-13(18)10-8-12/h2-10H,1H3,(H,19,24)(H,20,25). The van der Waals surface area contributed by atoms with Gasteiger partial charge in [-0.3, -0.25) is 20.4 Å². The van der Waals surface area contributed by atoms with E-state index in [-0.39, 0.29) is 5.69 Å². The molecule has 0 saturated heterocycles. The zero-order valence-corrected chi connectivity index (χ0v) is 14.0. The minimum absolute atomic E-state index is 0.125. The first-order chi connectivity index (χ1) is 12.0. The fraction of sp³-hybridized carbons (Fsp3) is 0.0588. The van der Waals surface area contributed by atoms with Crippen molar-refractivity contribution in [1.29, 1.82) is 0 Å². The molecule has 8 heteroatoms. The van der Waals surface area contributed by atoms with Gasteiger partial charge in [0.05, 0.1) is 11.4 Å². The van der Waals surface area contributed by atoms with Gasteiger partial charge in [-0.15, -0.1) is 5.10 Å². The van der Waals surface area contributed by atoms with Crippen LogP contribution in [0.25, 0.3) is 5.69 Å². The first-order valence-electron chi connectivity index (χ1n) is 7.40. The molecule has 0 bridgehead atoms. The lowest BCUT2D eigenvalue weighted by Gasteiger charge is -2.06. The highest BCUT2D eigenvalue weighted by Gasteiger charge is 2.17. The Morgan fingerprint density at radius 3 is 2.24 bits per heavy atom. The predicted octanol–water partition coefficient (Wildman–Crippen LogP) is 2.30. The van der Waals surface area contributed by atoms with Crippen molar-refractivity contribution in [3.63, 3.8) is 0 Å². The Bertz CT molecular complexity index is 907. The fourth-order valence-electron chi connectivity index (χ4n) is 2.11. The Kier molecular flexibility index (Phi) is 4.76. The Hall–Kier alpha value is -3.19. The molecule has 0 radical (unpaired) electrons. The van der Waals surface area contributed by atoms with Crippen LogP contribution in [0, 0.1) is 6.92 Å². The second-order valence-electron chi connectivity index (χ2n) is 5.17. The summed E-state index contributed by atoms with van der Waals surface area (Å²) in [7, 11) is 0. The number of hydrazine groups is 1. The predicted molar refractivity (Wildman–Crippen MR) is 92.5 cm³/mol. The maximum atomic E-state index is 12.2. The number of nitrogens with zero attached hydrogens (tertiary/aromatic N) is 3. The summed E-state index contributed by atoms with van der Waals surface area (Å²) >= 11 is 5.78. The van der Waals surface area contributed by atoms with E-state index in [1.54, 1.807) is 31.2 Å². The number of carbonyl (C=O) groups excluding carboxylic acids is 2. The van der Waals surface area contributed by atoms with Gasteiger partial charge >= 0.3 is 0 Å². The van der Waals surface area contributed by atoms with Crippen LogP contribution in [0.1, 0.15) is 26.5 Å². The van der Waals surface area contributed by atoms with Gasteiger partial charge in [0.15, 0.2) is 5.69 Å². The Labute approximate surface area is 148 Å². The molecule has 1 heterocycles. The molecule has 1 aromatic heterocycles. The van der Waals surface area contributed by atoms with E-state index in [1.165, 1.54) is 4.80 Å². The number of nitrogens with one attached hydrogen (secondary N) is 2. The van der Waals surface area contributed by atoms with E-state index >= 15 is 0 Å². The van der Waals surface area contributed by atoms with Crippen LogP contribution in [0.15, 0.2) is 54.6 Å². The van der Waals surface area contributed by atoms with Crippen molar-refractivity contribution in [3.8, 4) is 5.69 Å². The molecule has 2 N–H and O–H groups in total. The summed E-state index contributed by atoms with van der Waals surface area (Å²) in [5, 5.41) is 8.90. The quantitative estimate of drug-likeness (QED) is 0.705. The molecule has 2 amide bonds. The average Bonchev–Trinajstić information content (AvgIpc) is 3.02. The van der Waals surface area contributed by atoms with Gasteiger partial charge in [-0.25, -0.2) is 0 Å². The van der Waals surface area contributed by atoms with E-state index in [0.29, 0.717) is 16.3 Å². The molecule has 3 aromatic rings. The van der Waals surface area contributed by atoms with Gasteiger partial charge in [0.1, 0.15) is 0 Å². The number of halogens is 1. The lowest BCUT2D eigenvalue weighted by molar-refractivity contribution is 0.0843. The number of hydrogen-bond donors (Lipinski definition) is 2. The molecule has 7 nitrogen and oxygen atoms in total. The first kappa shape index (κ1) is 16.7. The van der Waals surface area contributed by atoms with Gasteiger partial charge in [0, 0.05) is 10.6 Å². The second kappa shape index (κ2) is 7.14. The zero-order valence-electron chi connectivity index (χ0n) is 13.2. The fourth-order valence-corrected chi connectivity index (χ4v) is 2.24. The van der Waals surface area contributed by atoms with Crippen LogP contribution in [0.5, 0.6) is 0 Å². The van der Waals surface area contributed by atoms with Crippen molar-refractivity contribution in [2.75, 3.05) is 0 Å². The third kappa shape index (κ3) is 3.84. The number of para-hydroxylation sites is 1. The summed E-state index contributed by atoms with van der Waals surface area (Å²) in [6.07, 6.45) is 0. The topological polar surface area (TPSA) is 88.9 Å².